The Balaban J connectivity index is 3.13. The summed E-state index contributed by atoms with van der Waals surface area (Å²) in [5.74, 6) is 0. The Hall–Kier alpha value is -0.0951. The molecular formula is C5H4BBrClNO2. The van der Waals surface area contributed by atoms with Gasteiger partial charge in [0.05, 0.1) is 0 Å². The summed E-state index contributed by atoms with van der Waals surface area (Å²) in [7, 11) is -1.58. The Morgan fingerprint density at radius 2 is 2.18 bits per heavy atom. The molecule has 0 aliphatic heterocycles. The molecule has 0 saturated carbocycles. The summed E-state index contributed by atoms with van der Waals surface area (Å²) in [5, 5.41) is 17.6. The molecule has 1 heterocycles. The highest BCUT2D eigenvalue weighted by molar-refractivity contribution is 9.10. The molecule has 0 amide bonds. The van der Waals surface area contributed by atoms with Crippen LogP contribution in [0.15, 0.2) is 16.7 Å². The van der Waals surface area contributed by atoms with Crippen LogP contribution in [0.3, 0.4) is 0 Å². The first-order valence-corrected chi connectivity index (χ1v) is 3.95. The van der Waals surface area contributed by atoms with Gasteiger partial charge in [-0.3, -0.25) is 0 Å². The van der Waals surface area contributed by atoms with E-state index >= 15 is 0 Å². The predicted octanol–water partition coefficient (Wildman–Crippen LogP) is 0.177. The monoisotopic (exact) mass is 235 g/mol. The van der Waals surface area contributed by atoms with Gasteiger partial charge in [0.2, 0.25) is 0 Å². The smallest absolute Gasteiger partial charge is 0.423 e. The summed E-state index contributed by atoms with van der Waals surface area (Å²) < 4.78 is 0.657. The molecular weight excluding hydrogens is 232 g/mol. The quantitative estimate of drug-likeness (QED) is 0.540. The van der Waals surface area contributed by atoms with Crippen LogP contribution in [0, 0.1) is 0 Å². The molecule has 0 aliphatic carbocycles. The van der Waals surface area contributed by atoms with Crippen molar-refractivity contribution in [3.8, 4) is 0 Å². The third kappa shape index (κ3) is 2.17. The van der Waals surface area contributed by atoms with E-state index in [1.165, 1.54) is 12.3 Å². The van der Waals surface area contributed by atoms with Crippen molar-refractivity contribution in [1.29, 1.82) is 0 Å². The van der Waals surface area contributed by atoms with Crippen molar-refractivity contribution < 1.29 is 10.0 Å². The topological polar surface area (TPSA) is 53.4 Å². The van der Waals surface area contributed by atoms with Crippen molar-refractivity contribution in [2.24, 2.45) is 0 Å². The summed E-state index contributed by atoms with van der Waals surface area (Å²) in [5.41, 5.74) is 0.195. The minimum Gasteiger partial charge on any atom is -0.423 e. The van der Waals surface area contributed by atoms with E-state index in [4.69, 9.17) is 21.6 Å². The van der Waals surface area contributed by atoms with Gasteiger partial charge in [0.15, 0.2) is 0 Å². The van der Waals surface area contributed by atoms with E-state index in [2.05, 4.69) is 20.9 Å². The normalized spacial score (nSPS) is 9.82. The number of halogens is 2. The second-order valence-electron chi connectivity index (χ2n) is 1.91. The van der Waals surface area contributed by atoms with E-state index in [1.807, 2.05) is 0 Å². The Bertz CT molecular complexity index is 271. The molecule has 2 N–H and O–H groups in total. The van der Waals surface area contributed by atoms with Crippen LogP contribution in [0.4, 0.5) is 0 Å². The van der Waals surface area contributed by atoms with Crippen LogP contribution in [-0.2, 0) is 0 Å². The number of hydrogen-bond donors (Lipinski definition) is 2. The highest BCUT2D eigenvalue weighted by Gasteiger charge is 2.15. The molecule has 1 aromatic rings. The predicted molar refractivity (Wildman–Crippen MR) is 46.8 cm³/mol. The fraction of sp³-hybridized carbons (Fsp3) is 0. The van der Waals surface area contributed by atoms with Crippen LogP contribution >= 0.6 is 27.5 Å². The first kappa shape index (κ1) is 9.00. The summed E-state index contributed by atoms with van der Waals surface area (Å²) in [6.07, 6.45) is 1.48. The molecule has 0 radical (unpaired) electrons. The van der Waals surface area contributed by atoms with E-state index in [9.17, 15) is 0 Å². The molecule has 1 rings (SSSR count). The molecule has 0 saturated heterocycles. The van der Waals surface area contributed by atoms with Gasteiger partial charge in [-0.1, -0.05) is 11.6 Å². The SMILES string of the molecule is OB(O)c1cc(Br)cnc1Cl. The van der Waals surface area contributed by atoms with Crippen LogP contribution in [0.1, 0.15) is 0 Å². The van der Waals surface area contributed by atoms with Crippen molar-refractivity contribution in [3.63, 3.8) is 0 Å². The molecule has 0 bridgehead atoms. The molecule has 58 valence electrons. The highest BCUT2D eigenvalue weighted by atomic mass is 79.9. The van der Waals surface area contributed by atoms with E-state index in [0.717, 1.165) is 0 Å². The molecule has 0 fully saturated rings. The maximum Gasteiger partial charge on any atom is 0.491 e. The molecule has 11 heavy (non-hydrogen) atoms. The van der Waals surface area contributed by atoms with E-state index in [1.54, 1.807) is 0 Å². The van der Waals surface area contributed by atoms with E-state index < -0.39 is 7.12 Å². The van der Waals surface area contributed by atoms with Gasteiger partial charge < -0.3 is 10.0 Å². The fourth-order valence-corrected chi connectivity index (χ4v) is 1.17. The van der Waals surface area contributed by atoms with Crippen LogP contribution in [0.25, 0.3) is 0 Å². The summed E-state index contributed by atoms with van der Waals surface area (Å²) >= 11 is 8.66. The lowest BCUT2D eigenvalue weighted by atomic mass is 9.82. The standard InChI is InChI=1S/C5H4BBrClNO2/c7-3-1-4(6(10)11)5(8)9-2-3/h1-2,10-11H. The van der Waals surface area contributed by atoms with Gasteiger partial charge in [-0.25, -0.2) is 4.98 Å². The van der Waals surface area contributed by atoms with E-state index in [-0.39, 0.29) is 10.6 Å². The molecule has 1 aromatic heterocycles. The maximum atomic E-state index is 8.74. The number of pyridine rings is 1. The second kappa shape index (κ2) is 3.54. The zero-order valence-corrected chi connectivity index (χ0v) is 7.67. The first-order valence-electron chi connectivity index (χ1n) is 2.78. The van der Waals surface area contributed by atoms with Crippen molar-refractivity contribution >= 4 is 40.1 Å². The molecule has 0 aliphatic rings. The summed E-state index contributed by atoms with van der Waals surface area (Å²) in [6.45, 7) is 0. The Kier molecular flexibility index (Phi) is 2.89. The van der Waals surface area contributed by atoms with Gasteiger partial charge in [-0.2, -0.15) is 0 Å². The molecule has 0 spiro atoms. The minimum atomic E-state index is -1.58. The molecule has 0 unspecified atom stereocenters. The van der Waals surface area contributed by atoms with Crippen LogP contribution < -0.4 is 5.46 Å². The Morgan fingerprint density at radius 1 is 1.55 bits per heavy atom. The Labute approximate surface area is 77.3 Å². The maximum absolute atomic E-state index is 8.74. The molecule has 3 nitrogen and oxygen atoms in total. The first-order chi connectivity index (χ1) is 5.11. The highest BCUT2D eigenvalue weighted by Crippen LogP contribution is 2.09. The number of aromatic nitrogens is 1. The molecule has 0 atom stereocenters. The third-order valence-corrected chi connectivity index (χ3v) is 1.86. The number of rotatable bonds is 1. The lowest BCUT2D eigenvalue weighted by Gasteiger charge is -2.00. The number of nitrogens with zero attached hydrogens (tertiary/aromatic N) is 1. The zero-order chi connectivity index (χ0) is 8.43. The summed E-state index contributed by atoms with van der Waals surface area (Å²) in [6, 6.07) is 1.50. The van der Waals surface area contributed by atoms with Gasteiger partial charge in [-0.05, 0) is 22.0 Å². The van der Waals surface area contributed by atoms with Crippen molar-refractivity contribution in [3.05, 3.63) is 21.9 Å². The van der Waals surface area contributed by atoms with Crippen LogP contribution in [0.2, 0.25) is 5.15 Å². The largest absolute Gasteiger partial charge is 0.491 e. The number of hydrogen-bond acceptors (Lipinski definition) is 3. The molecule has 6 heteroatoms. The molecule has 0 aromatic carbocycles. The van der Waals surface area contributed by atoms with E-state index in [0.29, 0.717) is 4.47 Å². The second-order valence-corrected chi connectivity index (χ2v) is 3.18. The minimum absolute atomic E-state index is 0.100. The fourth-order valence-electron chi connectivity index (χ4n) is 0.619. The van der Waals surface area contributed by atoms with Gasteiger partial charge in [-0.15, -0.1) is 0 Å². The Morgan fingerprint density at radius 3 is 2.64 bits per heavy atom. The van der Waals surface area contributed by atoms with Crippen molar-refractivity contribution in [2.45, 2.75) is 0 Å². The zero-order valence-electron chi connectivity index (χ0n) is 5.33. The van der Waals surface area contributed by atoms with Crippen LogP contribution in [0.5, 0.6) is 0 Å². The van der Waals surface area contributed by atoms with Gasteiger partial charge in [0, 0.05) is 16.1 Å². The lowest BCUT2D eigenvalue weighted by Crippen LogP contribution is -2.31. The van der Waals surface area contributed by atoms with Gasteiger partial charge in [0.25, 0.3) is 0 Å². The lowest BCUT2D eigenvalue weighted by molar-refractivity contribution is 0.425. The van der Waals surface area contributed by atoms with Gasteiger partial charge >= 0.3 is 7.12 Å². The average molecular weight is 236 g/mol. The average Bonchev–Trinajstić information content (AvgIpc) is 1.94. The summed E-state index contributed by atoms with van der Waals surface area (Å²) in [4.78, 5) is 3.70. The third-order valence-electron chi connectivity index (χ3n) is 1.11. The van der Waals surface area contributed by atoms with Gasteiger partial charge in [0.1, 0.15) is 5.15 Å². The van der Waals surface area contributed by atoms with Crippen LogP contribution in [-0.4, -0.2) is 22.2 Å². The van der Waals surface area contributed by atoms with Crippen molar-refractivity contribution in [2.75, 3.05) is 0 Å². The van der Waals surface area contributed by atoms with Crippen molar-refractivity contribution in [1.82, 2.24) is 4.98 Å².